The molecule has 1 fully saturated rings. The van der Waals surface area contributed by atoms with Crippen LogP contribution < -0.4 is 10.6 Å². The zero-order valence-corrected chi connectivity index (χ0v) is 15.0. The molecule has 2 aromatic heterocycles. The van der Waals surface area contributed by atoms with E-state index in [-0.39, 0.29) is 30.5 Å². The minimum Gasteiger partial charge on any atom is -0.375 e. The summed E-state index contributed by atoms with van der Waals surface area (Å²) in [6.07, 6.45) is 1.58. The molecule has 1 aliphatic heterocycles. The van der Waals surface area contributed by atoms with Gasteiger partial charge in [-0.2, -0.15) is 0 Å². The number of nitrogens with zero attached hydrogens (tertiary/aromatic N) is 2. The molecule has 1 aliphatic rings. The lowest BCUT2D eigenvalue weighted by atomic mass is 10.1. The highest BCUT2D eigenvalue weighted by Crippen LogP contribution is 2.22. The van der Waals surface area contributed by atoms with Crippen molar-refractivity contribution in [3.63, 3.8) is 0 Å². The molecule has 0 spiro atoms. The number of amides is 1. The summed E-state index contributed by atoms with van der Waals surface area (Å²) < 4.78 is 5.53. The molecule has 2 atom stereocenters. The Morgan fingerprint density at radius 2 is 2.19 bits per heavy atom. The van der Waals surface area contributed by atoms with Gasteiger partial charge < -0.3 is 20.4 Å². The van der Waals surface area contributed by atoms with Crippen molar-refractivity contribution in [2.45, 2.75) is 19.1 Å². The van der Waals surface area contributed by atoms with Crippen LogP contribution in [0.5, 0.6) is 0 Å². The number of aromatic amines is 1. The zero-order valence-electron chi connectivity index (χ0n) is 14.2. The van der Waals surface area contributed by atoms with Crippen LogP contribution in [-0.4, -0.2) is 46.2 Å². The Bertz CT molecular complexity index is 899. The highest BCUT2D eigenvalue weighted by molar-refractivity contribution is 5.97. The number of hydrogen-bond acceptors (Lipinski definition) is 5. The van der Waals surface area contributed by atoms with Crippen LogP contribution in [0.15, 0.2) is 42.6 Å². The fraction of sp³-hybridized carbons (Fsp3) is 0.278. The molecular formula is C18H20ClN5O2. The number of nitrogens with one attached hydrogen (secondary N) is 3. The number of benzene rings is 1. The molecule has 0 unspecified atom stereocenters. The number of morpholine rings is 1. The molecule has 1 amide bonds. The van der Waals surface area contributed by atoms with Crippen molar-refractivity contribution < 1.29 is 9.53 Å². The maximum Gasteiger partial charge on any atom is 0.244 e. The quantitative estimate of drug-likeness (QED) is 0.655. The Morgan fingerprint density at radius 1 is 1.31 bits per heavy atom. The van der Waals surface area contributed by atoms with E-state index in [1.165, 1.54) is 0 Å². The molecular weight excluding hydrogens is 354 g/mol. The lowest BCUT2D eigenvalue weighted by Gasteiger charge is -2.29. The van der Waals surface area contributed by atoms with Crippen LogP contribution in [0.2, 0.25) is 0 Å². The number of aromatic nitrogens is 3. The van der Waals surface area contributed by atoms with Gasteiger partial charge in [-0.15, -0.1) is 12.4 Å². The van der Waals surface area contributed by atoms with Crippen molar-refractivity contribution in [3.8, 4) is 11.5 Å². The summed E-state index contributed by atoms with van der Waals surface area (Å²) >= 11 is 0. The van der Waals surface area contributed by atoms with Crippen LogP contribution in [-0.2, 0) is 9.53 Å². The second-order valence-corrected chi connectivity index (χ2v) is 6.03. The first kappa shape index (κ1) is 18.3. The third-order valence-corrected chi connectivity index (χ3v) is 4.26. The number of H-pyrrole nitrogens is 1. The van der Waals surface area contributed by atoms with Gasteiger partial charge in [0.2, 0.25) is 5.91 Å². The van der Waals surface area contributed by atoms with Crippen LogP contribution in [0.25, 0.3) is 22.6 Å². The second-order valence-electron chi connectivity index (χ2n) is 6.03. The van der Waals surface area contributed by atoms with E-state index in [4.69, 9.17) is 4.74 Å². The second kappa shape index (κ2) is 7.82. The van der Waals surface area contributed by atoms with Gasteiger partial charge in [0, 0.05) is 18.4 Å². The van der Waals surface area contributed by atoms with Gasteiger partial charge in [0.15, 0.2) is 5.82 Å². The number of hydrogen-bond donors (Lipinski definition) is 3. The number of pyridine rings is 1. The molecule has 0 radical (unpaired) electrons. The van der Waals surface area contributed by atoms with E-state index >= 15 is 0 Å². The number of halogens is 1. The Kier molecular flexibility index (Phi) is 5.51. The van der Waals surface area contributed by atoms with Gasteiger partial charge in [0.1, 0.15) is 11.7 Å². The monoisotopic (exact) mass is 373 g/mol. The fourth-order valence-electron chi connectivity index (χ4n) is 2.96. The molecule has 4 rings (SSSR count). The molecule has 1 aromatic carbocycles. The van der Waals surface area contributed by atoms with Gasteiger partial charge in [0.05, 0.1) is 23.7 Å². The van der Waals surface area contributed by atoms with Crippen molar-refractivity contribution in [3.05, 3.63) is 42.6 Å². The van der Waals surface area contributed by atoms with Crippen molar-refractivity contribution in [1.29, 1.82) is 0 Å². The van der Waals surface area contributed by atoms with Crippen LogP contribution >= 0.6 is 12.4 Å². The van der Waals surface area contributed by atoms with Crippen LogP contribution in [0.1, 0.15) is 6.92 Å². The standard InChI is InChI=1S/C18H19N5O2.ClH/c1-11-16(20-8-9-25-11)18(24)21-12-5-6-13-15(10-12)23-17(22-13)14-4-2-3-7-19-14;/h2-7,10-11,16,20H,8-9H2,1H3,(H,21,24)(H,22,23);1H/t11-,16+;/m1./s1. The summed E-state index contributed by atoms with van der Waals surface area (Å²) in [5.41, 5.74) is 3.17. The Labute approximate surface area is 157 Å². The van der Waals surface area contributed by atoms with E-state index in [2.05, 4.69) is 25.6 Å². The molecule has 0 aliphatic carbocycles. The van der Waals surface area contributed by atoms with Gasteiger partial charge in [-0.05, 0) is 37.3 Å². The summed E-state index contributed by atoms with van der Waals surface area (Å²) in [5, 5.41) is 6.12. The smallest absolute Gasteiger partial charge is 0.244 e. The summed E-state index contributed by atoms with van der Waals surface area (Å²) in [6, 6.07) is 10.9. The average molecular weight is 374 g/mol. The summed E-state index contributed by atoms with van der Waals surface area (Å²) in [4.78, 5) is 24.5. The lowest BCUT2D eigenvalue weighted by Crippen LogP contribution is -2.53. The predicted octanol–water partition coefficient (Wildman–Crippen LogP) is 2.36. The first-order valence-electron chi connectivity index (χ1n) is 8.28. The first-order chi connectivity index (χ1) is 12.2. The molecule has 3 N–H and O–H groups in total. The first-order valence-corrected chi connectivity index (χ1v) is 8.28. The number of carbonyl (C=O) groups is 1. The summed E-state index contributed by atoms with van der Waals surface area (Å²) in [7, 11) is 0. The summed E-state index contributed by atoms with van der Waals surface area (Å²) in [6.45, 7) is 3.20. The molecule has 136 valence electrons. The van der Waals surface area contributed by atoms with Crippen molar-refractivity contribution >= 4 is 35.0 Å². The minimum atomic E-state index is -0.352. The average Bonchev–Trinajstić information content (AvgIpc) is 3.06. The number of rotatable bonds is 3. The Balaban J connectivity index is 0.00000196. The predicted molar refractivity (Wildman–Crippen MR) is 102 cm³/mol. The fourth-order valence-corrected chi connectivity index (χ4v) is 2.96. The molecule has 26 heavy (non-hydrogen) atoms. The van der Waals surface area contributed by atoms with E-state index in [0.717, 1.165) is 16.7 Å². The topological polar surface area (TPSA) is 91.9 Å². The molecule has 8 heteroatoms. The van der Waals surface area contributed by atoms with Crippen molar-refractivity contribution in [2.24, 2.45) is 0 Å². The molecule has 3 aromatic rings. The minimum absolute atomic E-state index is 0. The number of ether oxygens (including phenoxy) is 1. The zero-order chi connectivity index (χ0) is 17.2. The Morgan fingerprint density at radius 3 is 2.96 bits per heavy atom. The molecule has 7 nitrogen and oxygen atoms in total. The number of anilines is 1. The number of fused-ring (bicyclic) bond motifs is 1. The highest BCUT2D eigenvalue weighted by Gasteiger charge is 2.28. The third kappa shape index (κ3) is 3.70. The number of imidazole rings is 1. The summed E-state index contributed by atoms with van der Waals surface area (Å²) in [5.74, 6) is 0.603. The van der Waals surface area contributed by atoms with Gasteiger partial charge in [0.25, 0.3) is 0 Å². The molecule has 0 bridgehead atoms. The molecule has 0 saturated carbocycles. The van der Waals surface area contributed by atoms with E-state index < -0.39 is 0 Å². The van der Waals surface area contributed by atoms with Gasteiger partial charge in [-0.25, -0.2) is 4.98 Å². The third-order valence-electron chi connectivity index (χ3n) is 4.26. The van der Waals surface area contributed by atoms with Gasteiger partial charge in [-0.3, -0.25) is 9.78 Å². The van der Waals surface area contributed by atoms with Gasteiger partial charge >= 0.3 is 0 Å². The van der Waals surface area contributed by atoms with Crippen molar-refractivity contribution in [1.82, 2.24) is 20.3 Å². The Hall–Kier alpha value is -2.48. The van der Waals surface area contributed by atoms with Crippen LogP contribution in [0.4, 0.5) is 5.69 Å². The van der Waals surface area contributed by atoms with Gasteiger partial charge in [-0.1, -0.05) is 6.07 Å². The highest BCUT2D eigenvalue weighted by atomic mass is 35.5. The van der Waals surface area contributed by atoms with Crippen LogP contribution in [0.3, 0.4) is 0 Å². The van der Waals surface area contributed by atoms with Crippen LogP contribution in [0, 0.1) is 0 Å². The largest absolute Gasteiger partial charge is 0.375 e. The molecule has 3 heterocycles. The van der Waals surface area contributed by atoms with E-state index in [1.54, 1.807) is 6.20 Å². The van der Waals surface area contributed by atoms with E-state index in [1.807, 2.05) is 43.3 Å². The molecule has 1 saturated heterocycles. The maximum absolute atomic E-state index is 12.5. The van der Waals surface area contributed by atoms with E-state index in [9.17, 15) is 4.79 Å². The van der Waals surface area contributed by atoms with E-state index in [0.29, 0.717) is 24.7 Å². The normalized spacial score (nSPS) is 19.7. The maximum atomic E-state index is 12.5. The lowest BCUT2D eigenvalue weighted by molar-refractivity contribution is -0.123. The van der Waals surface area contributed by atoms with Crippen molar-refractivity contribution in [2.75, 3.05) is 18.5 Å². The number of carbonyl (C=O) groups excluding carboxylic acids is 1. The SMILES string of the molecule is C[C@H]1OCCN[C@@H]1C(=O)Nc1ccc2nc(-c3ccccn3)[nH]c2c1.Cl.